The second-order valence-corrected chi connectivity index (χ2v) is 9.26. The molecule has 0 saturated carbocycles. The molecule has 3 rings (SSSR count). The van der Waals surface area contributed by atoms with E-state index in [1.807, 2.05) is 12.1 Å². The van der Waals surface area contributed by atoms with Crippen LogP contribution < -0.4 is 4.72 Å². The predicted molar refractivity (Wildman–Crippen MR) is 114 cm³/mol. The summed E-state index contributed by atoms with van der Waals surface area (Å²) >= 11 is 5.86. The van der Waals surface area contributed by atoms with Gasteiger partial charge in [0, 0.05) is 17.5 Å². The van der Waals surface area contributed by atoms with Crippen molar-refractivity contribution in [3.8, 4) is 0 Å². The van der Waals surface area contributed by atoms with E-state index >= 15 is 0 Å². The molecule has 0 saturated heterocycles. The Morgan fingerprint density at radius 1 is 1.31 bits per heavy atom. The van der Waals surface area contributed by atoms with Crippen molar-refractivity contribution in [1.29, 1.82) is 0 Å². The van der Waals surface area contributed by atoms with Gasteiger partial charge in [0.25, 0.3) is 0 Å². The Hall–Kier alpha value is -2.15. The van der Waals surface area contributed by atoms with Gasteiger partial charge in [-0.15, -0.1) is 0 Å². The summed E-state index contributed by atoms with van der Waals surface area (Å²) in [7, 11) is -2.24. The van der Waals surface area contributed by atoms with Crippen molar-refractivity contribution in [3.05, 3.63) is 70.3 Å². The number of halogens is 1. The summed E-state index contributed by atoms with van der Waals surface area (Å²) in [5.41, 5.74) is 4.35. The zero-order valence-corrected chi connectivity index (χ0v) is 17.9. The van der Waals surface area contributed by atoms with Crippen molar-refractivity contribution >= 4 is 33.7 Å². The van der Waals surface area contributed by atoms with E-state index < -0.39 is 10.0 Å². The highest BCUT2D eigenvalue weighted by atomic mass is 35.5. The third-order valence-corrected chi connectivity index (χ3v) is 6.96. The maximum Gasteiger partial charge on any atom is 0.305 e. The van der Waals surface area contributed by atoms with Crippen LogP contribution in [0.1, 0.15) is 35.1 Å². The molecule has 2 aromatic carbocycles. The molecule has 154 valence electrons. The predicted octanol–water partition coefficient (Wildman–Crippen LogP) is 3.92. The smallest absolute Gasteiger partial charge is 0.305 e. The lowest BCUT2D eigenvalue weighted by molar-refractivity contribution is -0.140. The minimum Gasteiger partial charge on any atom is -0.469 e. The van der Waals surface area contributed by atoms with Crippen LogP contribution in [0.5, 0.6) is 0 Å². The first kappa shape index (κ1) is 21.6. The molecule has 0 aromatic heterocycles. The molecule has 0 aliphatic heterocycles. The minimum atomic E-state index is -3.62. The second-order valence-electron chi connectivity index (χ2n) is 7.11. The molecule has 1 aliphatic carbocycles. The number of methoxy groups -OCH3 is 1. The van der Waals surface area contributed by atoms with Gasteiger partial charge in [-0.1, -0.05) is 36.4 Å². The van der Waals surface area contributed by atoms with E-state index in [4.69, 9.17) is 16.3 Å². The number of fused-ring (bicyclic) bond motifs is 1. The molecular formula is C22H24ClNO4S. The van der Waals surface area contributed by atoms with Gasteiger partial charge >= 0.3 is 5.97 Å². The lowest BCUT2D eigenvalue weighted by Gasteiger charge is -2.28. The molecule has 0 heterocycles. The standard InChI is InChI=1S/C22H24ClNO4S/c1-3-15-12-16(4-11-22(25)28-2)21-10-7-19(14-17(21)13-15)24-29(26,27)20-8-5-18(23)6-9-20/h3,5-6,8-9,12-13,19,24H,1,4,7,10-11,14H2,2H3. The van der Waals surface area contributed by atoms with E-state index in [1.165, 1.54) is 24.8 Å². The molecule has 0 amide bonds. The number of carbonyl (C=O) groups excluding carboxylic acids is 1. The van der Waals surface area contributed by atoms with Crippen LogP contribution in [-0.4, -0.2) is 27.5 Å². The van der Waals surface area contributed by atoms with Crippen LogP contribution >= 0.6 is 11.6 Å². The lowest BCUT2D eigenvalue weighted by atomic mass is 9.83. The first-order valence-electron chi connectivity index (χ1n) is 9.44. The summed E-state index contributed by atoms with van der Waals surface area (Å²) in [5, 5.41) is 0.493. The summed E-state index contributed by atoms with van der Waals surface area (Å²) in [6.45, 7) is 3.84. The van der Waals surface area contributed by atoms with E-state index in [0.29, 0.717) is 30.7 Å². The van der Waals surface area contributed by atoms with Gasteiger partial charge < -0.3 is 4.74 Å². The largest absolute Gasteiger partial charge is 0.469 e. The number of rotatable bonds is 7. The Morgan fingerprint density at radius 2 is 2.03 bits per heavy atom. The minimum absolute atomic E-state index is 0.197. The molecule has 1 N–H and O–H groups in total. The second kappa shape index (κ2) is 9.11. The summed E-state index contributed by atoms with van der Waals surface area (Å²) < 4.78 is 33.0. The number of aryl methyl sites for hydroxylation is 1. The Kier molecular flexibility index (Phi) is 6.77. The molecular weight excluding hydrogens is 410 g/mol. The van der Waals surface area contributed by atoms with E-state index in [0.717, 1.165) is 23.1 Å². The molecule has 0 spiro atoms. The molecule has 0 radical (unpaired) electrons. The highest BCUT2D eigenvalue weighted by molar-refractivity contribution is 7.89. The van der Waals surface area contributed by atoms with Gasteiger partial charge in [0.15, 0.2) is 0 Å². The van der Waals surface area contributed by atoms with Gasteiger partial charge in [-0.2, -0.15) is 0 Å². The fourth-order valence-electron chi connectivity index (χ4n) is 3.70. The van der Waals surface area contributed by atoms with Gasteiger partial charge in [-0.05, 0) is 72.2 Å². The number of hydrogen-bond donors (Lipinski definition) is 1. The Balaban J connectivity index is 1.80. The molecule has 0 fully saturated rings. The fourth-order valence-corrected chi connectivity index (χ4v) is 5.09. The van der Waals surface area contributed by atoms with Crippen LogP contribution in [0.2, 0.25) is 5.02 Å². The van der Waals surface area contributed by atoms with E-state index in [2.05, 4.69) is 11.3 Å². The number of sulfonamides is 1. The number of nitrogens with one attached hydrogen (secondary N) is 1. The SMILES string of the molecule is C=Cc1cc(CCC(=O)OC)c2c(c1)CC(NS(=O)(=O)c1ccc(Cl)cc1)CC2. The molecule has 1 atom stereocenters. The van der Waals surface area contributed by atoms with Crippen molar-refractivity contribution in [1.82, 2.24) is 4.72 Å². The van der Waals surface area contributed by atoms with Gasteiger partial charge in [-0.3, -0.25) is 4.79 Å². The van der Waals surface area contributed by atoms with Crippen molar-refractivity contribution in [2.24, 2.45) is 0 Å². The lowest BCUT2D eigenvalue weighted by Crippen LogP contribution is -2.39. The molecule has 5 nitrogen and oxygen atoms in total. The quantitative estimate of drug-likeness (QED) is 0.671. The van der Waals surface area contributed by atoms with Crippen LogP contribution in [0.3, 0.4) is 0 Å². The maximum atomic E-state index is 12.7. The van der Waals surface area contributed by atoms with Gasteiger partial charge in [0.1, 0.15) is 0 Å². The maximum absolute atomic E-state index is 12.7. The monoisotopic (exact) mass is 433 g/mol. The van der Waals surface area contributed by atoms with Crippen LogP contribution in [0, 0.1) is 0 Å². The molecule has 2 aromatic rings. The molecule has 1 aliphatic rings. The molecule has 7 heteroatoms. The highest BCUT2D eigenvalue weighted by Gasteiger charge is 2.26. The van der Waals surface area contributed by atoms with Crippen molar-refractivity contribution in [2.45, 2.75) is 43.0 Å². The van der Waals surface area contributed by atoms with E-state index in [-0.39, 0.29) is 16.9 Å². The highest BCUT2D eigenvalue weighted by Crippen LogP contribution is 2.29. The average Bonchev–Trinajstić information content (AvgIpc) is 2.71. The summed E-state index contributed by atoms with van der Waals surface area (Å²) in [4.78, 5) is 11.7. The van der Waals surface area contributed by atoms with Crippen molar-refractivity contribution in [2.75, 3.05) is 7.11 Å². The molecule has 29 heavy (non-hydrogen) atoms. The van der Waals surface area contributed by atoms with Crippen LogP contribution in [0.4, 0.5) is 0 Å². The Bertz CT molecular complexity index is 1020. The Labute approximate surface area is 176 Å². The number of ether oxygens (including phenoxy) is 1. The third-order valence-electron chi connectivity index (χ3n) is 5.17. The van der Waals surface area contributed by atoms with Crippen molar-refractivity contribution in [3.63, 3.8) is 0 Å². The first-order valence-corrected chi connectivity index (χ1v) is 11.3. The normalized spacial score (nSPS) is 16.1. The third kappa shape index (κ3) is 5.26. The summed E-state index contributed by atoms with van der Waals surface area (Å²) in [6.07, 6.45) is 4.71. The zero-order valence-electron chi connectivity index (χ0n) is 16.3. The first-order chi connectivity index (χ1) is 13.8. The number of benzene rings is 2. The number of carbonyl (C=O) groups is 1. The van der Waals surface area contributed by atoms with Crippen molar-refractivity contribution < 1.29 is 17.9 Å². The van der Waals surface area contributed by atoms with Gasteiger partial charge in [0.05, 0.1) is 12.0 Å². The van der Waals surface area contributed by atoms with E-state index in [9.17, 15) is 13.2 Å². The van der Waals surface area contributed by atoms with Crippen LogP contribution in [0.25, 0.3) is 6.08 Å². The van der Waals surface area contributed by atoms with E-state index in [1.54, 1.807) is 18.2 Å². The topological polar surface area (TPSA) is 72.5 Å². The fraction of sp³-hybridized carbons (Fsp3) is 0.318. The number of esters is 1. The van der Waals surface area contributed by atoms with Crippen LogP contribution in [0.15, 0.2) is 47.9 Å². The van der Waals surface area contributed by atoms with Crippen LogP contribution in [-0.2, 0) is 38.8 Å². The Morgan fingerprint density at radius 3 is 2.69 bits per heavy atom. The summed E-state index contributed by atoms with van der Waals surface area (Å²) in [6, 6.07) is 10.0. The molecule has 0 bridgehead atoms. The zero-order chi connectivity index (χ0) is 21.0. The van der Waals surface area contributed by atoms with Gasteiger partial charge in [-0.25, -0.2) is 13.1 Å². The molecule has 1 unspecified atom stereocenters. The van der Waals surface area contributed by atoms with Gasteiger partial charge in [0.2, 0.25) is 10.0 Å². The number of hydrogen-bond acceptors (Lipinski definition) is 4. The average molecular weight is 434 g/mol. The summed E-state index contributed by atoms with van der Waals surface area (Å²) in [5.74, 6) is -0.243.